The van der Waals surface area contributed by atoms with Crippen LogP contribution in [0.5, 0.6) is 0 Å². The number of esters is 1. The highest BCUT2D eigenvalue weighted by Crippen LogP contribution is 2.48. The van der Waals surface area contributed by atoms with Gasteiger partial charge in [0, 0.05) is 28.6 Å². The Morgan fingerprint density at radius 2 is 2.19 bits per heavy atom. The Balaban J connectivity index is 1.93. The van der Waals surface area contributed by atoms with Crippen LogP contribution < -0.4 is 5.73 Å². The third-order valence-electron chi connectivity index (χ3n) is 6.32. The smallest absolute Gasteiger partial charge is 0.315 e. The molecule has 2 aliphatic rings. The number of pyridine rings is 1. The molecule has 0 saturated heterocycles. The first-order valence-electron chi connectivity index (χ1n) is 10.6. The number of nitrogen functional groups attached to an aromatic ring is 1. The standard InChI is InChI=1S/C25H28FN3O2/c1-5-11-31-24(30)19-14(2)28-23-21(20(19)15-7-6-8-16(26)12-15)22(27)17-13-25(3,4)10-9-18(17)29-23/h5-8,12,19-20H,1,9-11,13H2,2-4H3,(H2,27,29). The van der Waals surface area contributed by atoms with E-state index in [1.807, 2.05) is 6.07 Å². The predicted molar refractivity (Wildman–Crippen MR) is 120 cm³/mol. The first kappa shape index (κ1) is 21.2. The number of hydrogen-bond acceptors (Lipinski definition) is 5. The molecule has 0 spiro atoms. The molecule has 1 aliphatic carbocycles. The van der Waals surface area contributed by atoms with Crippen LogP contribution in [0.1, 0.15) is 55.5 Å². The van der Waals surface area contributed by atoms with E-state index in [0.29, 0.717) is 28.3 Å². The highest BCUT2D eigenvalue weighted by atomic mass is 19.1. The molecule has 31 heavy (non-hydrogen) atoms. The molecule has 2 heterocycles. The number of nitrogens with two attached hydrogens (primary N) is 1. The number of carbonyl (C=O) groups is 1. The summed E-state index contributed by atoms with van der Waals surface area (Å²) >= 11 is 0. The van der Waals surface area contributed by atoms with Crippen molar-refractivity contribution < 1.29 is 13.9 Å². The van der Waals surface area contributed by atoms with E-state index in [1.165, 1.54) is 18.2 Å². The van der Waals surface area contributed by atoms with Crippen LogP contribution in [0.25, 0.3) is 0 Å². The quantitative estimate of drug-likeness (QED) is 0.563. The minimum Gasteiger partial charge on any atom is -0.461 e. The van der Waals surface area contributed by atoms with Gasteiger partial charge in [0.15, 0.2) is 5.82 Å². The second kappa shape index (κ2) is 7.91. The van der Waals surface area contributed by atoms with E-state index >= 15 is 0 Å². The van der Waals surface area contributed by atoms with Gasteiger partial charge < -0.3 is 10.5 Å². The molecule has 6 heteroatoms. The fraction of sp³-hybridized carbons (Fsp3) is 0.400. The summed E-state index contributed by atoms with van der Waals surface area (Å²) in [6.07, 6.45) is 4.19. The zero-order valence-corrected chi connectivity index (χ0v) is 18.2. The number of nitrogens with zero attached hydrogens (tertiary/aromatic N) is 2. The Morgan fingerprint density at radius 3 is 2.90 bits per heavy atom. The zero-order chi connectivity index (χ0) is 22.3. The number of anilines is 1. The number of hydrogen-bond donors (Lipinski definition) is 1. The van der Waals surface area contributed by atoms with E-state index in [-0.39, 0.29) is 17.8 Å². The molecule has 0 radical (unpaired) electrons. The van der Waals surface area contributed by atoms with E-state index in [9.17, 15) is 9.18 Å². The minimum absolute atomic E-state index is 0.0947. The summed E-state index contributed by atoms with van der Waals surface area (Å²) in [7, 11) is 0. The van der Waals surface area contributed by atoms with Gasteiger partial charge in [0.2, 0.25) is 0 Å². The first-order valence-corrected chi connectivity index (χ1v) is 10.6. The van der Waals surface area contributed by atoms with Crippen LogP contribution in [0.2, 0.25) is 0 Å². The summed E-state index contributed by atoms with van der Waals surface area (Å²) in [5.41, 5.74) is 11.4. The van der Waals surface area contributed by atoms with Gasteiger partial charge in [-0.05, 0) is 54.9 Å². The normalized spacial score (nSPS) is 21.5. The molecular weight excluding hydrogens is 393 g/mol. The fourth-order valence-corrected chi connectivity index (χ4v) is 4.75. The van der Waals surface area contributed by atoms with E-state index in [4.69, 9.17) is 15.5 Å². The highest BCUT2D eigenvalue weighted by molar-refractivity contribution is 6.05. The van der Waals surface area contributed by atoms with Gasteiger partial charge in [-0.3, -0.25) is 4.79 Å². The van der Waals surface area contributed by atoms with Crippen LogP contribution >= 0.6 is 0 Å². The lowest BCUT2D eigenvalue weighted by atomic mass is 9.72. The van der Waals surface area contributed by atoms with Gasteiger partial charge in [0.1, 0.15) is 18.3 Å². The SMILES string of the molecule is C=CCOC(=O)C1C(C)=Nc2nc3c(c(N)c2C1c1cccc(F)c1)CC(C)(C)CC3. The molecule has 4 rings (SSSR count). The van der Waals surface area contributed by atoms with Gasteiger partial charge in [0.05, 0.1) is 0 Å². The molecule has 1 aromatic carbocycles. The Labute approximate surface area is 182 Å². The average molecular weight is 422 g/mol. The summed E-state index contributed by atoms with van der Waals surface area (Å²) in [5, 5.41) is 0. The average Bonchev–Trinajstić information content (AvgIpc) is 2.71. The highest BCUT2D eigenvalue weighted by Gasteiger charge is 2.42. The van der Waals surface area contributed by atoms with Crippen molar-refractivity contribution in [1.29, 1.82) is 0 Å². The number of aryl methyl sites for hydroxylation is 1. The van der Waals surface area contributed by atoms with Gasteiger partial charge in [-0.25, -0.2) is 14.4 Å². The molecule has 2 unspecified atom stereocenters. The summed E-state index contributed by atoms with van der Waals surface area (Å²) < 4.78 is 19.6. The second-order valence-corrected chi connectivity index (χ2v) is 9.21. The van der Waals surface area contributed by atoms with Crippen LogP contribution in [-0.4, -0.2) is 23.3 Å². The van der Waals surface area contributed by atoms with Crippen LogP contribution in [0.4, 0.5) is 15.9 Å². The van der Waals surface area contributed by atoms with Gasteiger partial charge in [-0.1, -0.05) is 38.6 Å². The maximum absolute atomic E-state index is 14.2. The molecule has 0 fully saturated rings. The van der Waals surface area contributed by atoms with Crippen molar-refractivity contribution in [1.82, 2.24) is 4.98 Å². The third-order valence-corrected chi connectivity index (χ3v) is 6.32. The number of benzene rings is 1. The van der Waals surface area contributed by atoms with Crippen molar-refractivity contribution in [2.75, 3.05) is 12.3 Å². The third kappa shape index (κ3) is 3.87. The van der Waals surface area contributed by atoms with Crippen molar-refractivity contribution in [3.05, 3.63) is 65.1 Å². The summed E-state index contributed by atoms with van der Waals surface area (Å²) in [4.78, 5) is 22.6. The maximum atomic E-state index is 14.2. The number of halogens is 1. The van der Waals surface area contributed by atoms with Crippen molar-refractivity contribution in [2.24, 2.45) is 16.3 Å². The van der Waals surface area contributed by atoms with Gasteiger partial charge in [-0.2, -0.15) is 0 Å². The molecule has 2 atom stereocenters. The molecular formula is C25H28FN3O2. The number of fused-ring (bicyclic) bond motifs is 2. The topological polar surface area (TPSA) is 77.6 Å². The Morgan fingerprint density at radius 1 is 1.42 bits per heavy atom. The lowest BCUT2D eigenvalue weighted by Gasteiger charge is -2.36. The van der Waals surface area contributed by atoms with Crippen molar-refractivity contribution in [3.63, 3.8) is 0 Å². The molecule has 162 valence electrons. The monoisotopic (exact) mass is 421 g/mol. The summed E-state index contributed by atoms with van der Waals surface area (Å²) in [6, 6.07) is 6.29. The van der Waals surface area contributed by atoms with Crippen LogP contribution in [-0.2, 0) is 22.4 Å². The van der Waals surface area contributed by atoms with Gasteiger partial charge in [0.25, 0.3) is 0 Å². The van der Waals surface area contributed by atoms with Crippen LogP contribution in [0.15, 0.2) is 41.9 Å². The first-order chi connectivity index (χ1) is 14.7. The number of ether oxygens (including phenoxy) is 1. The van der Waals surface area contributed by atoms with Crippen LogP contribution in [0, 0.1) is 17.2 Å². The molecule has 0 saturated carbocycles. The minimum atomic E-state index is -0.715. The molecule has 5 nitrogen and oxygen atoms in total. The molecule has 1 aromatic heterocycles. The van der Waals surface area contributed by atoms with E-state index in [2.05, 4.69) is 25.4 Å². The van der Waals surface area contributed by atoms with E-state index in [0.717, 1.165) is 30.5 Å². The summed E-state index contributed by atoms with van der Waals surface area (Å²) in [6.45, 7) is 9.93. The molecule has 2 N–H and O–H groups in total. The van der Waals surface area contributed by atoms with Crippen molar-refractivity contribution in [3.8, 4) is 0 Å². The van der Waals surface area contributed by atoms with E-state index in [1.54, 1.807) is 13.0 Å². The number of aliphatic imine (C=N–C) groups is 1. The Hall–Kier alpha value is -3.02. The molecule has 1 aliphatic heterocycles. The zero-order valence-electron chi connectivity index (χ0n) is 18.2. The van der Waals surface area contributed by atoms with Gasteiger partial charge in [-0.15, -0.1) is 0 Å². The predicted octanol–water partition coefficient (Wildman–Crippen LogP) is 4.90. The Bertz CT molecular complexity index is 1090. The molecule has 0 bridgehead atoms. The molecule has 0 amide bonds. The number of rotatable bonds is 4. The lowest BCUT2D eigenvalue weighted by Crippen LogP contribution is -2.35. The van der Waals surface area contributed by atoms with Crippen LogP contribution in [0.3, 0.4) is 0 Å². The van der Waals surface area contributed by atoms with Crippen molar-refractivity contribution >= 4 is 23.2 Å². The Kier molecular flexibility index (Phi) is 5.42. The van der Waals surface area contributed by atoms with E-state index < -0.39 is 17.8 Å². The lowest BCUT2D eigenvalue weighted by molar-refractivity contribution is -0.145. The van der Waals surface area contributed by atoms with Crippen molar-refractivity contribution in [2.45, 2.75) is 46.0 Å². The summed E-state index contributed by atoms with van der Waals surface area (Å²) in [5.74, 6) is -1.52. The number of carbonyl (C=O) groups excluding carboxylic acids is 1. The fourth-order valence-electron chi connectivity index (χ4n) is 4.75. The number of aromatic nitrogens is 1. The largest absolute Gasteiger partial charge is 0.461 e. The molecule has 2 aromatic rings. The second-order valence-electron chi connectivity index (χ2n) is 9.21. The maximum Gasteiger partial charge on any atom is 0.315 e. The van der Waals surface area contributed by atoms with Gasteiger partial charge >= 0.3 is 5.97 Å².